The maximum atomic E-state index is 12.0. The number of halogens is 1. The lowest BCUT2D eigenvalue weighted by Crippen LogP contribution is -2.46. The van der Waals surface area contributed by atoms with Crippen molar-refractivity contribution in [3.8, 4) is 5.75 Å². The number of methoxy groups -OCH3 is 1. The zero-order valence-electron chi connectivity index (χ0n) is 18.0. The first-order chi connectivity index (χ1) is 13.5. The van der Waals surface area contributed by atoms with Crippen molar-refractivity contribution >= 4 is 35.8 Å². The Morgan fingerprint density at radius 2 is 2.07 bits per heavy atom. The summed E-state index contributed by atoms with van der Waals surface area (Å²) in [4.78, 5) is 18.1. The van der Waals surface area contributed by atoms with E-state index in [4.69, 9.17) is 4.74 Å². The summed E-state index contributed by atoms with van der Waals surface area (Å²) in [7, 11) is 5.23. The van der Waals surface area contributed by atoms with Crippen LogP contribution in [0.4, 0.5) is 0 Å². The number of aryl methyl sites for hydroxylation is 1. The molecule has 6 nitrogen and oxygen atoms in total. The molecule has 2 aliphatic carbocycles. The number of likely N-dealkylation sites (N-methyl/N-ethyl adjacent to an activating group) is 1. The van der Waals surface area contributed by atoms with E-state index in [9.17, 15) is 4.79 Å². The number of hydrogen-bond donors (Lipinski definition) is 2. The molecule has 3 rings (SSSR count). The lowest BCUT2D eigenvalue weighted by atomic mass is 9.95. The van der Waals surface area contributed by atoms with Crippen LogP contribution in [0.3, 0.4) is 0 Å². The summed E-state index contributed by atoms with van der Waals surface area (Å²) in [6.45, 7) is 2.98. The first kappa shape index (κ1) is 23.8. The van der Waals surface area contributed by atoms with E-state index in [2.05, 4.69) is 33.8 Å². The largest absolute Gasteiger partial charge is 0.496 e. The quantitative estimate of drug-likeness (QED) is 0.334. The first-order valence-corrected chi connectivity index (χ1v) is 10.3. The van der Waals surface area contributed by atoms with Crippen molar-refractivity contribution in [1.82, 2.24) is 15.5 Å². The number of fused-ring (bicyclic) bond motifs is 2. The molecule has 0 spiro atoms. The number of rotatable bonds is 7. The summed E-state index contributed by atoms with van der Waals surface area (Å²) in [6.07, 6.45) is 6.12. The molecule has 2 aliphatic rings. The standard InChI is InChI=1S/C22H34N4O2.HI/c1-15-5-6-16(13-20(15)28-4)9-10-23-22(24-14-21(27)26(2)3)25-19-12-17-7-8-18(19)11-17;/h5-6,13,17-19H,7-12,14H2,1-4H3,(H2,23,24,25);1H. The van der Waals surface area contributed by atoms with Crippen molar-refractivity contribution in [1.29, 1.82) is 0 Å². The van der Waals surface area contributed by atoms with Crippen molar-refractivity contribution in [2.24, 2.45) is 16.8 Å². The monoisotopic (exact) mass is 514 g/mol. The van der Waals surface area contributed by atoms with Crippen LogP contribution in [0, 0.1) is 18.8 Å². The van der Waals surface area contributed by atoms with Gasteiger partial charge in [0.2, 0.25) is 5.91 Å². The van der Waals surface area contributed by atoms with Crippen LogP contribution in [0.1, 0.15) is 36.8 Å². The maximum absolute atomic E-state index is 12.0. The molecule has 0 radical (unpaired) electrons. The van der Waals surface area contributed by atoms with E-state index in [1.807, 2.05) is 6.92 Å². The lowest BCUT2D eigenvalue weighted by molar-refractivity contribution is -0.127. The predicted octanol–water partition coefficient (Wildman–Crippen LogP) is 2.98. The highest BCUT2D eigenvalue weighted by atomic mass is 127. The summed E-state index contributed by atoms with van der Waals surface area (Å²) in [5, 5.41) is 7.03. The summed E-state index contributed by atoms with van der Waals surface area (Å²) >= 11 is 0. The summed E-state index contributed by atoms with van der Waals surface area (Å²) in [5.41, 5.74) is 2.36. The molecule has 1 aromatic rings. The van der Waals surface area contributed by atoms with Crippen LogP contribution in [-0.4, -0.2) is 57.1 Å². The first-order valence-electron chi connectivity index (χ1n) is 10.3. The molecule has 0 saturated heterocycles. The molecule has 1 amide bonds. The van der Waals surface area contributed by atoms with Crippen LogP contribution in [0.5, 0.6) is 5.75 Å². The van der Waals surface area contributed by atoms with Gasteiger partial charge < -0.3 is 20.3 Å². The van der Waals surface area contributed by atoms with Gasteiger partial charge in [-0.05, 0) is 61.6 Å². The van der Waals surface area contributed by atoms with Gasteiger partial charge in [-0.25, -0.2) is 4.99 Å². The summed E-state index contributed by atoms with van der Waals surface area (Å²) in [5.74, 6) is 3.31. The third kappa shape index (κ3) is 6.49. The molecule has 1 aromatic carbocycles. The van der Waals surface area contributed by atoms with Gasteiger partial charge in [-0.3, -0.25) is 4.79 Å². The molecule has 0 aliphatic heterocycles. The van der Waals surface area contributed by atoms with Crippen LogP contribution in [0.2, 0.25) is 0 Å². The Bertz CT molecular complexity index is 723. The van der Waals surface area contributed by atoms with E-state index in [0.717, 1.165) is 42.1 Å². The fraction of sp³-hybridized carbons (Fsp3) is 0.636. The molecule has 3 unspecified atom stereocenters. The number of hydrogen-bond acceptors (Lipinski definition) is 3. The van der Waals surface area contributed by atoms with Crippen molar-refractivity contribution in [2.75, 3.05) is 34.3 Å². The molecule has 162 valence electrons. The van der Waals surface area contributed by atoms with Gasteiger partial charge in [0.05, 0.1) is 7.11 Å². The number of benzene rings is 1. The number of guanidine groups is 1. The second kappa shape index (κ2) is 11.0. The van der Waals surface area contributed by atoms with Gasteiger partial charge in [-0.1, -0.05) is 18.6 Å². The molecule has 2 N–H and O–H groups in total. The van der Waals surface area contributed by atoms with Crippen molar-refractivity contribution in [3.05, 3.63) is 29.3 Å². The fourth-order valence-corrected chi connectivity index (χ4v) is 4.38. The van der Waals surface area contributed by atoms with Crippen molar-refractivity contribution in [2.45, 2.75) is 45.1 Å². The van der Waals surface area contributed by atoms with Crippen LogP contribution in [-0.2, 0) is 11.2 Å². The Hall–Kier alpha value is -1.51. The van der Waals surface area contributed by atoms with Gasteiger partial charge in [0.25, 0.3) is 0 Å². The van der Waals surface area contributed by atoms with Gasteiger partial charge in [0.15, 0.2) is 5.96 Å². The minimum absolute atomic E-state index is 0. The van der Waals surface area contributed by atoms with E-state index in [1.54, 1.807) is 26.1 Å². The van der Waals surface area contributed by atoms with E-state index in [0.29, 0.717) is 6.04 Å². The zero-order chi connectivity index (χ0) is 20.1. The average Bonchev–Trinajstić information content (AvgIpc) is 3.30. The average molecular weight is 514 g/mol. The molecule has 0 heterocycles. The van der Waals surface area contributed by atoms with Gasteiger partial charge in [-0.2, -0.15) is 0 Å². The molecular formula is C22H35IN4O2. The van der Waals surface area contributed by atoms with Gasteiger partial charge in [0.1, 0.15) is 12.3 Å². The second-order valence-corrected chi connectivity index (χ2v) is 8.36. The van der Waals surface area contributed by atoms with Crippen LogP contribution in [0.15, 0.2) is 23.2 Å². The summed E-state index contributed by atoms with van der Waals surface area (Å²) in [6, 6.07) is 6.80. The van der Waals surface area contributed by atoms with Crippen LogP contribution < -0.4 is 15.4 Å². The normalized spacial score (nSPS) is 22.8. The number of nitrogens with zero attached hydrogens (tertiary/aromatic N) is 2. The molecular weight excluding hydrogens is 479 g/mol. The van der Waals surface area contributed by atoms with Crippen LogP contribution in [0.25, 0.3) is 0 Å². The third-order valence-electron chi connectivity index (χ3n) is 6.11. The Kier molecular flexibility index (Phi) is 9.04. The molecule has 2 saturated carbocycles. The Morgan fingerprint density at radius 1 is 1.28 bits per heavy atom. The number of amides is 1. The number of ether oxygens (including phenoxy) is 1. The maximum Gasteiger partial charge on any atom is 0.243 e. The predicted molar refractivity (Wildman–Crippen MR) is 128 cm³/mol. The number of aliphatic imine (C=N–C) groups is 1. The Labute approximate surface area is 191 Å². The van der Waals surface area contributed by atoms with Crippen molar-refractivity contribution in [3.63, 3.8) is 0 Å². The second-order valence-electron chi connectivity index (χ2n) is 8.36. The molecule has 7 heteroatoms. The zero-order valence-corrected chi connectivity index (χ0v) is 20.4. The highest BCUT2D eigenvalue weighted by molar-refractivity contribution is 14.0. The number of carbonyl (C=O) groups excluding carboxylic acids is 1. The van der Waals surface area contributed by atoms with E-state index in [-0.39, 0.29) is 36.4 Å². The van der Waals surface area contributed by atoms with Gasteiger partial charge in [-0.15, -0.1) is 24.0 Å². The molecule has 0 aromatic heterocycles. The number of carbonyl (C=O) groups is 1. The topological polar surface area (TPSA) is 66.0 Å². The Morgan fingerprint density at radius 3 is 2.69 bits per heavy atom. The van der Waals surface area contributed by atoms with E-state index >= 15 is 0 Å². The molecule has 2 bridgehead atoms. The molecule has 3 atom stereocenters. The van der Waals surface area contributed by atoms with Gasteiger partial charge in [0, 0.05) is 26.7 Å². The molecule has 29 heavy (non-hydrogen) atoms. The minimum Gasteiger partial charge on any atom is -0.496 e. The highest BCUT2D eigenvalue weighted by Crippen LogP contribution is 2.44. The minimum atomic E-state index is 0. The molecule has 2 fully saturated rings. The van der Waals surface area contributed by atoms with Gasteiger partial charge >= 0.3 is 0 Å². The number of nitrogens with one attached hydrogen (secondary N) is 2. The van der Waals surface area contributed by atoms with Crippen LogP contribution >= 0.6 is 24.0 Å². The lowest BCUT2D eigenvalue weighted by Gasteiger charge is -2.25. The third-order valence-corrected chi connectivity index (χ3v) is 6.11. The SMILES string of the molecule is COc1cc(CCNC(=NCC(=O)N(C)C)NC2CC3CCC2C3)ccc1C.I. The van der Waals surface area contributed by atoms with E-state index in [1.165, 1.54) is 31.2 Å². The highest BCUT2D eigenvalue weighted by Gasteiger charge is 2.39. The smallest absolute Gasteiger partial charge is 0.243 e. The summed E-state index contributed by atoms with van der Waals surface area (Å²) < 4.78 is 5.42. The van der Waals surface area contributed by atoms with E-state index < -0.39 is 0 Å². The van der Waals surface area contributed by atoms with Crippen molar-refractivity contribution < 1.29 is 9.53 Å². The fourth-order valence-electron chi connectivity index (χ4n) is 4.38. The Balaban J connectivity index is 0.00000300.